The van der Waals surface area contributed by atoms with E-state index in [4.69, 9.17) is 0 Å². The van der Waals surface area contributed by atoms with E-state index in [-0.39, 0.29) is 6.04 Å². The monoisotopic (exact) mass is 272 g/mol. The van der Waals surface area contributed by atoms with Crippen LogP contribution in [-0.4, -0.2) is 47.2 Å². The molecule has 0 aliphatic carbocycles. The molecule has 0 bridgehead atoms. The average Bonchev–Trinajstić information content (AvgIpc) is 2.37. The quantitative estimate of drug-likeness (QED) is 0.642. The molecule has 0 aromatic rings. The summed E-state index contributed by atoms with van der Waals surface area (Å²) in [6.07, 6.45) is 3.77. The fourth-order valence-electron chi connectivity index (χ4n) is 2.60. The van der Waals surface area contributed by atoms with Gasteiger partial charge in [-0.1, -0.05) is 20.8 Å². The van der Waals surface area contributed by atoms with Gasteiger partial charge in [0.15, 0.2) is 0 Å². The molecule has 2 N–H and O–H groups in total. The highest BCUT2D eigenvalue weighted by Crippen LogP contribution is 2.19. The number of hydrogen-bond donors (Lipinski definition) is 2. The Morgan fingerprint density at radius 1 is 1.32 bits per heavy atom. The molecule has 2 atom stereocenters. The van der Waals surface area contributed by atoms with Crippen LogP contribution in [0.3, 0.4) is 0 Å². The molecule has 0 saturated carbocycles. The van der Waals surface area contributed by atoms with Gasteiger partial charge in [-0.15, -0.1) is 0 Å². The third kappa shape index (κ3) is 5.49. The molecule has 0 saturated heterocycles. The topological polar surface area (TPSA) is 52.6 Å². The molecule has 4 heteroatoms. The van der Waals surface area contributed by atoms with Gasteiger partial charge in [-0.25, -0.2) is 0 Å². The number of rotatable bonds is 10. The van der Waals surface area contributed by atoms with Crippen molar-refractivity contribution in [2.75, 3.05) is 13.6 Å². The van der Waals surface area contributed by atoms with E-state index in [9.17, 15) is 9.90 Å². The fraction of sp³-hybridized carbons (Fsp3) is 0.933. The molecule has 0 aliphatic rings. The number of nitrogens with one attached hydrogen (secondary N) is 1. The number of carbonyl (C=O) groups is 1. The summed E-state index contributed by atoms with van der Waals surface area (Å²) < 4.78 is 0. The van der Waals surface area contributed by atoms with E-state index in [0.717, 1.165) is 25.8 Å². The predicted molar refractivity (Wildman–Crippen MR) is 80.5 cm³/mol. The van der Waals surface area contributed by atoms with Crippen LogP contribution >= 0.6 is 0 Å². The Morgan fingerprint density at radius 2 is 1.84 bits per heavy atom. The number of hydrogen-bond acceptors (Lipinski definition) is 3. The zero-order valence-electron chi connectivity index (χ0n) is 13.5. The van der Waals surface area contributed by atoms with Crippen molar-refractivity contribution in [3.05, 3.63) is 0 Å². The second kappa shape index (κ2) is 8.54. The predicted octanol–water partition coefficient (Wildman–Crippen LogP) is 2.73. The summed E-state index contributed by atoms with van der Waals surface area (Å²) in [7, 11) is 2.10. The Balaban J connectivity index is 4.70. The normalized spacial score (nSPS) is 16.6. The average molecular weight is 272 g/mol. The summed E-state index contributed by atoms with van der Waals surface area (Å²) in [5, 5.41) is 12.6. The van der Waals surface area contributed by atoms with E-state index in [0.29, 0.717) is 12.5 Å². The molecule has 0 rings (SSSR count). The summed E-state index contributed by atoms with van der Waals surface area (Å²) in [5.74, 6) is -0.759. The lowest BCUT2D eigenvalue weighted by atomic mass is 9.92. The highest BCUT2D eigenvalue weighted by molar-refractivity contribution is 5.78. The van der Waals surface area contributed by atoms with Crippen molar-refractivity contribution in [3.8, 4) is 0 Å². The van der Waals surface area contributed by atoms with Gasteiger partial charge < -0.3 is 15.3 Å². The minimum Gasteiger partial charge on any atom is -0.480 e. The van der Waals surface area contributed by atoms with Gasteiger partial charge in [-0.3, -0.25) is 4.79 Å². The van der Waals surface area contributed by atoms with Gasteiger partial charge in [0, 0.05) is 12.1 Å². The van der Waals surface area contributed by atoms with Crippen LogP contribution in [0.2, 0.25) is 0 Å². The Labute approximate surface area is 118 Å². The second-order valence-electron chi connectivity index (χ2n) is 5.75. The molecule has 19 heavy (non-hydrogen) atoms. The Bertz CT molecular complexity index is 267. The van der Waals surface area contributed by atoms with Crippen molar-refractivity contribution in [3.63, 3.8) is 0 Å². The van der Waals surface area contributed by atoms with E-state index in [1.165, 1.54) is 0 Å². The van der Waals surface area contributed by atoms with E-state index >= 15 is 0 Å². The van der Waals surface area contributed by atoms with Crippen LogP contribution in [0.4, 0.5) is 0 Å². The first-order valence-corrected chi connectivity index (χ1v) is 7.52. The first-order valence-electron chi connectivity index (χ1n) is 7.52. The van der Waals surface area contributed by atoms with Gasteiger partial charge >= 0.3 is 5.97 Å². The molecular formula is C15H32N2O2. The number of carboxylic acid groups (broad SMARTS) is 1. The van der Waals surface area contributed by atoms with Crippen molar-refractivity contribution in [1.82, 2.24) is 10.2 Å². The molecule has 0 aromatic heterocycles. The van der Waals surface area contributed by atoms with Gasteiger partial charge in [0.1, 0.15) is 5.54 Å². The molecule has 0 heterocycles. The highest BCUT2D eigenvalue weighted by atomic mass is 16.4. The van der Waals surface area contributed by atoms with E-state index in [2.05, 4.69) is 45.0 Å². The van der Waals surface area contributed by atoms with Crippen LogP contribution in [0, 0.1) is 0 Å². The molecule has 0 radical (unpaired) electrons. The number of nitrogens with zero attached hydrogens (tertiary/aromatic N) is 1. The molecule has 114 valence electrons. The highest BCUT2D eigenvalue weighted by Gasteiger charge is 2.35. The van der Waals surface area contributed by atoms with E-state index in [1.807, 2.05) is 0 Å². The van der Waals surface area contributed by atoms with Crippen LogP contribution in [-0.2, 0) is 4.79 Å². The van der Waals surface area contributed by atoms with Crippen molar-refractivity contribution >= 4 is 5.97 Å². The molecule has 0 fully saturated rings. The number of carboxylic acids is 1. The Kier molecular flexibility index (Phi) is 8.26. The number of aliphatic carboxylic acids is 1. The van der Waals surface area contributed by atoms with Crippen LogP contribution in [0.25, 0.3) is 0 Å². The maximum absolute atomic E-state index is 11.5. The second-order valence-corrected chi connectivity index (χ2v) is 5.75. The smallest absolute Gasteiger partial charge is 0.323 e. The first kappa shape index (κ1) is 18.4. The zero-order valence-corrected chi connectivity index (χ0v) is 13.5. The summed E-state index contributed by atoms with van der Waals surface area (Å²) in [4.78, 5) is 13.8. The summed E-state index contributed by atoms with van der Waals surface area (Å²) in [5.41, 5.74) is -0.838. The van der Waals surface area contributed by atoms with Gasteiger partial charge in [0.05, 0.1) is 0 Å². The van der Waals surface area contributed by atoms with Crippen LogP contribution in [0.15, 0.2) is 0 Å². The van der Waals surface area contributed by atoms with Gasteiger partial charge in [0.25, 0.3) is 0 Å². The lowest BCUT2D eigenvalue weighted by molar-refractivity contribution is -0.145. The van der Waals surface area contributed by atoms with Crippen molar-refractivity contribution in [1.29, 1.82) is 0 Å². The van der Waals surface area contributed by atoms with Crippen molar-refractivity contribution < 1.29 is 9.90 Å². The maximum atomic E-state index is 11.5. The van der Waals surface area contributed by atoms with Crippen LogP contribution in [0.1, 0.15) is 60.3 Å². The lowest BCUT2D eigenvalue weighted by Crippen LogP contribution is -2.54. The Morgan fingerprint density at radius 3 is 2.21 bits per heavy atom. The van der Waals surface area contributed by atoms with Gasteiger partial charge in [-0.2, -0.15) is 0 Å². The molecule has 2 unspecified atom stereocenters. The zero-order chi connectivity index (χ0) is 15.1. The molecule has 4 nitrogen and oxygen atoms in total. The summed E-state index contributed by atoms with van der Waals surface area (Å²) in [6, 6.07) is 0.773. The Hall–Kier alpha value is -0.610. The standard InChI is InChI=1S/C15H32N2O2/c1-7-10-16-15(5,14(18)19)11-12(4)17(6)13(8-2)9-3/h12-13,16H,7-11H2,1-6H3,(H,18,19). The minimum atomic E-state index is -0.838. The third-order valence-corrected chi connectivity index (χ3v) is 4.15. The molecule has 0 spiro atoms. The van der Waals surface area contributed by atoms with Gasteiger partial charge in [-0.05, 0) is 53.1 Å². The van der Waals surface area contributed by atoms with Gasteiger partial charge in [0.2, 0.25) is 0 Å². The largest absolute Gasteiger partial charge is 0.480 e. The summed E-state index contributed by atoms with van der Waals surface area (Å²) in [6.45, 7) is 11.1. The SMILES string of the molecule is CCCNC(C)(CC(C)N(C)C(CC)CC)C(=O)O. The third-order valence-electron chi connectivity index (χ3n) is 4.15. The lowest BCUT2D eigenvalue weighted by Gasteiger charge is -2.37. The first-order chi connectivity index (χ1) is 8.82. The van der Waals surface area contributed by atoms with E-state index < -0.39 is 11.5 Å². The molecular weight excluding hydrogens is 240 g/mol. The molecule has 0 aliphatic heterocycles. The fourth-order valence-corrected chi connectivity index (χ4v) is 2.60. The molecule has 0 amide bonds. The maximum Gasteiger partial charge on any atom is 0.323 e. The van der Waals surface area contributed by atoms with E-state index in [1.54, 1.807) is 6.92 Å². The summed E-state index contributed by atoms with van der Waals surface area (Å²) >= 11 is 0. The molecule has 0 aromatic carbocycles. The minimum absolute atomic E-state index is 0.246. The van der Waals surface area contributed by atoms with Crippen molar-refractivity contribution in [2.24, 2.45) is 0 Å². The van der Waals surface area contributed by atoms with Crippen LogP contribution in [0.5, 0.6) is 0 Å². The van der Waals surface area contributed by atoms with Crippen LogP contribution < -0.4 is 5.32 Å². The van der Waals surface area contributed by atoms with Crippen molar-refractivity contribution in [2.45, 2.75) is 77.9 Å².